The van der Waals surface area contributed by atoms with Gasteiger partial charge in [-0.05, 0) is 18.8 Å². The molecule has 6 nitrogen and oxygen atoms in total. The van der Waals surface area contributed by atoms with Crippen LogP contribution in [-0.4, -0.2) is 32.8 Å². The van der Waals surface area contributed by atoms with Gasteiger partial charge in [-0.15, -0.1) is 0 Å². The summed E-state index contributed by atoms with van der Waals surface area (Å²) in [5.41, 5.74) is 0.402. The van der Waals surface area contributed by atoms with Crippen LogP contribution in [0.15, 0.2) is 16.9 Å². The fourth-order valence-corrected chi connectivity index (χ4v) is 3.53. The van der Waals surface area contributed by atoms with Crippen molar-refractivity contribution in [2.45, 2.75) is 44.5 Å². The van der Waals surface area contributed by atoms with Gasteiger partial charge in [-0.2, -0.15) is 0 Å². The first-order valence-corrected chi connectivity index (χ1v) is 8.70. The van der Waals surface area contributed by atoms with Crippen LogP contribution in [-0.2, 0) is 20.5 Å². The second kappa shape index (κ2) is 7.19. The van der Waals surface area contributed by atoms with Crippen LogP contribution in [0.25, 0.3) is 0 Å². The molecule has 1 aromatic rings. The van der Waals surface area contributed by atoms with Crippen molar-refractivity contribution in [1.82, 2.24) is 9.88 Å². The molecule has 1 aromatic heterocycles. The molecule has 1 fully saturated rings. The molecule has 20 heavy (non-hydrogen) atoms. The van der Waals surface area contributed by atoms with Crippen molar-refractivity contribution >= 4 is 10.0 Å². The normalized spacial score (nSPS) is 23.9. The third-order valence-corrected chi connectivity index (χ3v) is 4.94. The third-order valence-electron chi connectivity index (χ3n) is 3.62. The molecule has 1 aliphatic rings. The van der Waals surface area contributed by atoms with Crippen LogP contribution in [0.4, 0.5) is 0 Å². The van der Waals surface area contributed by atoms with E-state index in [2.05, 4.69) is 21.3 Å². The Morgan fingerprint density at radius 1 is 1.45 bits per heavy atom. The average molecular weight is 302 g/mol. The Balaban J connectivity index is 1.67. The second-order valence-electron chi connectivity index (χ2n) is 5.32. The zero-order valence-corrected chi connectivity index (χ0v) is 12.6. The van der Waals surface area contributed by atoms with Gasteiger partial charge < -0.3 is 9.26 Å². The zero-order chi connectivity index (χ0) is 14.4. The molecule has 7 heteroatoms. The van der Waals surface area contributed by atoms with Crippen LogP contribution in [0.3, 0.4) is 0 Å². The maximum Gasteiger partial charge on any atom is 0.217 e. The highest BCUT2D eigenvalue weighted by molar-refractivity contribution is 7.88. The van der Waals surface area contributed by atoms with E-state index in [0.717, 1.165) is 6.42 Å². The molecule has 0 radical (unpaired) electrons. The van der Waals surface area contributed by atoms with Crippen LogP contribution in [0.5, 0.6) is 0 Å². The van der Waals surface area contributed by atoms with E-state index < -0.39 is 10.0 Å². The lowest BCUT2D eigenvalue weighted by Crippen LogP contribution is -2.32. The first-order valence-electron chi connectivity index (χ1n) is 7.05. The topological polar surface area (TPSA) is 81.4 Å². The molecule has 114 valence electrons. The highest BCUT2D eigenvalue weighted by Gasteiger charge is 2.21. The fraction of sp³-hybridized carbons (Fsp3) is 0.769. The molecule has 0 saturated heterocycles. The summed E-state index contributed by atoms with van der Waals surface area (Å²) in [6, 6.07) is 1.54. The molecule has 2 rings (SSSR count). The molecule has 2 atom stereocenters. The summed E-state index contributed by atoms with van der Waals surface area (Å²) in [7, 11) is -3.37. The summed E-state index contributed by atoms with van der Waals surface area (Å²) in [6.07, 6.45) is 6.37. The largest absolute Gasteiger partial charge is 0.377 e. The van der Waals surface area contributed by atoms with Crippen LogP contribution >= 0.6 is 0 Å². The minimum atomic E-state index is -3.37. The van der Waals surface area contributed by atoms with E-state index in [0.29, 0.717) is 24.8 Å². The fourth-order valence-electron chi connectivity index (χ4n) is 2.50. The molecular weight excluding hydrogens is 280 g/mol. The van der Waals surface area contributed by atoms with E-state index in [4.69, 9.17) is 4.74 Å². The number of hydrogen-bond acceptors (Lipinski definition) is 5. The minimum Gasteiger partial charge on any atom is -0.377 e. The summed E-state index contributed by atoms with van der Waals surface area (Å²) in [6.45, 7) is 2.90. The van der Waals surface area contributed by atoms with Crippen molar-refractivity contribution in [2.75, 3.05) is 13.2 Å². The van der Waals surface area contributed by atoms with Gasteiger partial charge in [-0.3, -0.25) is 0 Å². The minimum absolute atomic E-state index is 0.163. The van der Waals surface area contributed by atoms with Crippen LogP contribution < -0.4 is 4.72 Å². The molecular formula is C13H22N2O4S. The number of nitrogens with zero attached hydrogens (tertiary/aromatic N) is 1. The maximum absolute atomic E-state index is 11.8. The van der Waals surface area contributed by atoms with Crippen molar-refractivity contribution in [3.8, 4) is 0 Å². The summed E-state index contributed by atoms with van der Waals surface area (Å²) >= 11 is 0. The molecule has 0 amide bonds. The molecule has 2 unspecified atom stereocenters. The van der Waals surface area contributed by atoms with Gasteiger partial charge in [0.15, 0.2) is 0 Å². The Morgan fingerprint density at radius 2 is 2.25 bits per heavy atom. The average Bonchev–Trinajstić information content (AvgIpc) is 2.88. The maximum atomic E-state index is 11.8. The number of sulfonamides is 1. The van der Waals surface area contributed by atoms with E-state index in [-0.39, 0.29) is 11.9 Å². The van der Waals surface area contributed by atoms with E-state index in [9.17, 15) is 8.42 Å². The van der Waals surface area contributed by atoms with E-state index >= 15 is 0 Å². The third kappa shape index (κ3) is 4.88. The van der Waals surface area contributed by atoms with Crippen molar-refractivity contribution in [1.29, 1.82) is 0 Å². The summed E-state index contributed by atoms with van der Waals surface area (Å²) < 4.78 is 36.4. The van der Waals surface area contributed by atoms with Gasteiger partial charge in [0, 0.05) is 12.6 Å². The molecule has 0 aromatic carbocycles. The number of rotatable bonds is 7. The number of aromatic nitrogens is 1. The Kier molecular flexibility index (Phi) is 5.56. The Morgan fingerprint density at radius 3 is 2.95 bits per heavy atom. The van der Waals surface area contributed by atoms with Gasteiger partial charge in [0.25, 0.3) is 0 Å². The predicted octanol–water partition coefficient (Wildman–Crippen LogP) is 1.69. The van der Waals surface area contributed by atoms with Crippen molar-refractivity contribution < 1.29 is 17.7 Å². The van der Waals surface area contributed by atoms with Crippen molar-refractivity contribution in [3.63, 3.8) is 0 Å². The van der Waals surface area contributed by atoms with Crippen LogP contribution in [0.1, 0.15) is 38.3 Å². The quantitative estimate of drug-likeness (QED) is 0.775. The predicted molar refractivity (Wildman–Crippen MR) is 74.5 cm³/mol. The summed E-state index contributed by atoms with van der Waals surface area (Å²) in [4.78, 5) is 0. The van der Waals surface area contributed by atoms with Crippen LogP contribution in [0.2, 0.25) is 0 Å². The van der Waals surface area contributed by atoms with Crippen molar-refractivity contribution in [3.05, 3.63) is 18.0 Å². The number of hydrogen-bond donors (Lipinski definition) is 1. The van der Waals surface area contributed by atoms with Gasteiger partial charge in [-0.1, -0.05) is 24.9 Å². The van der Waals surface area contributed by atoms with E-state index in [1.54, 1.807) is 6.07 Å². The molecule has 0 aliphatic heterocycles. The number of nitrogens with one attached hydrogen (secondary N) is 1. The zero-order valence-electron chi connectivity index (χ0n) is 11.7. The Labute approximate surface area is 119 Å². The first-order chi connectivity index (χ1) is 9.57. The summed E-state index contributed by atoms with van der Waals surface area (Å²) in [5.74, 6) is 0.402. The second-order valence-corrected chi connectivity index (χ2v) is 7.12. The molecule has 1 heterocycles. The SMILES string of the molecule is CC1CCCCC1OCCNS(=O)(=O)Cc1ccon1. The smallest absolute Gasteiger partial charge is 0.217 e. The van der Waals surface area contributed by atoms with Gasteiger partial charge in [0.1, 0.15) is 12.0 Å². The van der Waals surface area contributed by atoms with E-state index in [1.165, 1.54) is 25.5 Å². The molecule has 1 saturated carbocycles. The first kappa shape index (κ1) is 15.5. The Hall–Kier alpha value is -0.920. The lowest BCUT2D eigenvalue weighted by molar-refractivity contribution is -0.00177. The monoisotopic (exact) mass is 302 g/mol. The van der Waals surface area contributed by atoms with Crippen molar-refractivity contribution in [2.24, 2.45) is 5.92 Å². The van der Waals surface area contributed by atoms with Gasteiger partial charge in [0.05, 0.1) is 18.4 Å². The Bertz CT molecular complexity index is 486. The highest BCUT2D eigenvalue weighted by atomic mass is 32.2. The lowest BCUT2D eigenvalue weighted by Gasteiger charge is -2.28. The molecule has 1 aliphatic carbocycles. The lowest BCUT2D eigenvalue weighted by atomic mass is 9.88. The number of ether oxygens (including phenoxy) is 1. The highest BCUT2D eigenvalue weighted by Crippen LogP contribution is 2.25. The van der Waals surface area contributed by atoms with E-state index in [1.807, 2.05) is 0 Å². The molecule has 1 N–H and O–H groups in total. The molecule has 0 bridgehead atoms. The standard InChI is InChI=1S/C13H22N2O4S/c1-11-4-2-3-5-13(11)18-9-7-14-20(16,17)10-12-6-8-19-15-12/h6,8,11,13-14H,2-5,7,9-10H2,1H3. The van der Waals surface area contributed by atoms with Gasteiger partial charge in [0.2, 0.25) is 10.0 Å². The summed E-state index contributed by atoms with van der Waals surface area (Å²) in [5, 5.41) is 3.59. The molecule has 0 spiro atoms. The van der Waals surface area contributed by atoms with Crippen LogP contribution in [0, 0.1) is 5.92 Å². The van der Waals surface area contributed by atoms with Gasteiger partial charge in [-0.25, -0.2) is 13.1 Å². The van der Waals surface area contributed by atoms with Gasteiger partial charge >= 0.3 is 0 Å².